The van der Waals surface area contributed by atoms with Crippen molar-refractivity contribution in [1.82, 2.24) is 0 Å². The summed E-state index contributed by atoms with van der Waals surface area (Å²) in [4.78, 5) is 12.3. The Morgan fingerprint density at radius 1 is 1.00 bits per heavy atom. The quantitative estimate of drug-likeness (QED) is 0.686. The molecule has 0 radical (unpaired) electrons. The van der Waals surface area contributed by atoms with Gasteiger partial charge in [0.25, 0.3) is 0 Å². The first-order valence-electron chi connectivity index (χ1n) is 10.4. The van der Waals surface area contributed by atoms with Crippen molar-refractivity contribution >= 4 is 5.97 Å². The molecule has 0 aromatic heterocycles. The minimum atomic E-state index is -0.746. The molecule has 3 saturated heterocycles. The summed E-state index contributed by atoms with van der Waals surface area (Å²) in [6.45, 7) is 8.11. The molecule has 164 valence electrons. The zero-order valence-corrected chi connectivity index (χ0v) is 17.7. The molecular formula is C22H28O8. The van der Waals surface area contributed by atoms with E-state index in [1.54, 1.807) is 6.07 Å². The maximum absolute atomic E-state index is 12.3. The van der Waals surface area contributed by atoms with Crippen LogP contribution < -0.4 is 0 Å². The Morgan fingerprint density at radius 3 is 2.53 bits per heavy atom. The highest BCUT2D eigenvalue weighted by Crippen LogP contribution is 2.42. The topological polar surface area (TPSA) is 81.7 Å². The van der Waals surface area contributed by atoms with E-state index in [1.165, 1.54) is 0 Å². The fourth-order valence-electron chi connectivity index (χ4n) is 4.60. The minimum Gasteiger partial charge on any atom is -0.456 e. The van der Waals surface area contributed by atoms with Crippen LogP contribution in [0, 0.1) is 0 Å². The van der Waals surface area contributed by atoms with Crippen LogP contribution in [-0.4, -0.2) is 67.6 Å². The lowest BCUT2D eigenvalue weighted by atomic mass is 9.99. The van der Waals surface area contributed by atoms with Gasteiger partial charge in [0.05, 0.1) is 18.8 Å². The molecule has 0 aliphatic carbocycles. The van der Waals surface area contributed by atoms with Gasteiger partial charge >= 0.3 is 5.97 Å². The predicted molar refractivity (Wildman–Crippen MR) is 103 cm³/mol. The Balaban J connectivity index is 1.26. The van der Waals surface area contributed by atoms with Crippen LogP contribution in [0.5, 0.6) is 0 Å². The van der Waals surface area contributed by atoms with E-state index >= 15 is 0 Å². The lowest BCUT2D eigenvalue weighted by Gasteiger charge is -2.28. The fraction of sp³-hybridized carbons (Fsp3) is 0.682. The molecule has 30 heavy (non-hydrogen) atoms. The number of esters is 1. The van der Waals surface area contributed by atoms with Crippen LogP contribution in [0.4, 0.5) is 0 Å². The van der Waals surface area contributed by atoms with Crippen molar-refractivity contribution in [3.8, 4) is 0 Å². The predicted octanol–water partition coefficient (Wildman–Crippen LogP) is 2.18. The molecule has 1 aromatic rings. The molecule has 3 fully saturated rings. The Hall–Kier alpha value is -1.55. The second-order valence-electron chi connectivity index (χ2n) is 9.12. The molecule has 0 spiro atoms. The van der Waals surface area contributed by atoms with E-state index in [4.69, 9.17) is 33.2 Å². The van der Waals surface area contributed by atoms with E-state index in [2.05, 4.69) is 0 Å². The first-order valence-corrected chi connectivity index (χ1v) is 10.4. The summed E-state index contributed by atoms with van der Waals surface area (Å²) in [6, 6.07) is 7.47. The van der Waals surface area contributed by atoms with Crippen LogP contribution in [0.1, 0.15) is 43.6 Å². The Bertz CT molecular complexity index is 821. The van der Waals surface area contributed by atoms with Gasteiger partial charge in [-0.2, -0.15) is 0 Å². The Labute approximate surface area is 175 Å². The zero-order chi connectivity index (χ0) is 21.1. The van der Waals surface area contributed by atoms with Crippen molar-refractivity contribution in [2.45, 2.75) is 82.5 Å². The number of hydrogen-bond donors (Lipinski definition) is 0. The van der Waals surface area contributed by atoms with Crippen molar-refractivity contribution in [3.05, 3.63) is 35.4 Å². The Kier molecular flexibility index (Phi) is 4.92. The zero-order valence-electron chi connectivity index (χ0n) is 17.7. The van der Waals surface area contributed by atoms with Gasteiger partial charge in [0.15, 0.2) is 17.9 Å². The highest BCUT2D eigenvalue weighted by atomic mass is 16.8. The van der Waals surface area contributed by atoms with Crippen molar-refractivity contribution in [1.29, 1.82) is 0 Å². The van der Waals surface area contributed by atoms with Gasteiger partial charge in [0, 0.05) is 6.42 Å². The largest absolute Gasteiger partial charge is 0.456 e. The molecule has 0 unspecified atom stereocenters. The third-order valence-corrected chi connectivity index (χ3v) is 5.85. The van der Waals surface area contributed by atoms with Crippen LogP contribution in [-0.2, 0) is 39.6 Å². The van der Waals surface area contributed by atoms with Crippen LogP contribution in [0.25, 0.3) is 0 Å². The number of benzene rings is 1. The first-order chi connectivity index (χ1) is 14.2. The van der Waals surface area contributed by atoms with E-state index in [0.717, 1.165) is 5.56 Å². The molecule has 8 heteroatoms. The Morgan fingerprint density at radius 2 is 1.77 bits per heavy atom. The van der Waals surface area contributed by atoms with Crippen molar-refractivity contribution in [2.24, 2.45) is 0 Å². The van der Waals surface area contributed by atoms with E-state index < -0.39 is 24.0 Å². The molecule has 8 nitrogen and oxygen atoms in total. The molecule has 0 saturated carbocycles. The standard InChI is InChI=1S/C22H28O8/c1-21(2)25-11-15(28-21)16-17-18(30-22(3,4)29-17)20(27-16)24-10-13-9-12-7-5-6-8-14(12)19(23)26-13/h5-8,13,15-18,20H,9-11H2,1-4H3/t13-,15+,16+,17-,18-,20+/m0/s1. The van der Waals surface area contributed by atoms with Gasteiger partial charge in [0.1, 0.15) is 30.5 Å². The highest BCUT2D eigenvalue weighted by Gasteiger charge is 2.59. The van der Waals surface area contributed by atoms with Gasteiger partial charge in [0.2, 0.25) is 0 Å². The van der Waals surface area contributed by atoms with E-state index in [-0.39, 0.29) is 37.0 Å². The maximum atomic E-state index is 12.3. The molecule has 4 aliphatic heterocycles. The van der Waals surface area contributed by atoms with E-state index in [1.807, 2.05) is 45.9 Å². The number of hydrogen-bond acceptors (Lipinski definition) is 8. The molecule has 0 N–H and O–H groups in total. The number of carbonyl (C=O) groups excluding carboxylic acids is 1. The average Bonchev–Trinajstić information content (AvgIpc) is 3.30. The summed E-state index contributed by atoms with van der Waals surface area (Å²) in [5, 5.41) is 0. The average molecular weight is 420 g/mol. The lowest BCUT2D eigenvalue weighted by molar-refractivity contribution is -0.251. The van der Waals surface area contributed by atoms with E-state index in [0.29, 0.717) is 18.6 Å². The van der Waals surface area contributed by atoms with Gasteiger partial charge in [-0.3, -0.25) is 0 Å². The number of carbonyl (C=O) groups is 1. The van der Waals surface area contributed by atoms with Crippen LogP contribution in [0.2, 0.25) is 0 Å². The SMILES string of the molecule is CC1(C)O[C@@H]2[C@H](O1)[C@H](OC[C@@H]1Cc3ccccc3C(=O)O1)O[C@@H]2[C@H]1COC(C)(C)O1. The summed E-state index contributed by atoms with van der Waals surface area (Å²) < 4.78 is 41.6. The van der Waals surface area contributed by atoms with Gasteiger partial charge in [-0.1, -0.05) is 18.2 Å². The summed E-state index contributed by atoms with van der Waals surface area (Å²) >= 11 is 0. The van der Waals surface area contributed by atoms with E-state index in [9.17, 15) is 4.79 Å². The molecule has 4 aliphatic rings. The fourth-order valence-corrected chi connectivity index (χ4v) is 4.60. The molecule has 5 rings (SSSR count). The minimum absolute atomic E-state index is 0.206. The monoisotopic (exact) mass is 420 g/mol. The van der Waals surface area contributed by atoms with Gasteiger partial charge < -0.3 is 33.2 Å². The molecule has 0 amide bonds. The maximum Gasteiger partial charge on any atom is 0.338 e. The van der Waals surface area contributed by atoms with Gasteiger partial charge in [-0.15, -0.1) is 0 Å². The molecule has 6 atom stereocenters. The summed E-state index contributed by atoms with van der Waals surface area (Å²) in [5.41, 5.74) is 1.58. The molecule has 4 heterocycles. The third-order valence-electron chi connectivity index (χ3n) is 5.85. The van der Waals surface area contributed by atoms with Gasteiger partial charge in [-0.05, 0) is 39.3 Å². The summed E-state index contributed by atoms with van der Waals surface area (Å²) in [6.07, 6.45) is -1.82. The summed E-state index contributed by atoms with van der Waals surface area (Å²) in [5.74, 6) is -1.74. The first kappa shape index (κ1) is 20.4. The summed E-state index contributed by atoms with van der Waals surface area (Å²) in [7, 11) is 0. The van der Waals surface area contributed by atoms with Crippen LogP contribution in [0.3, 0.4) is 0 Å². The molecule has 0 bridgehead atoms. The van der Waals surface area contributed by atoms with Crippen LogP contribution >= 0.6 is 0 Å². The van der Waals surface area contributed by atoms with Crippen LogP contribution in [0.15, 0.2) is 24.3 Å². The van der Waals surface area contributed by atoms with Crippen molar-refractivity contribution in [2.75, 3.05) is 13.2 Å². The second kappa shape index (κ2) is 7.25. The number of rotatable bonds is 4. The van der Waals surface area contributed by atoms with Crippen molar-refractivity contribution < 1.29 is 38.0 Å². The normalized spacial score (nSPS) is 38.9. The lowest BCUT2D eigenvalue weighted by Crippen LogP contribution is -2.40. The number of fused-ring (bicyclic) bond motifs is 2. The van der Waals surface area contributed by atoms with Crippen molar-refractivity contribution in [3.63, 3.8) is 0 Å². The number of cyclic esters (lactones) is 1. The smallest absolute Gasteiger partial charge is 0.338 e. The molecule has 1 aromatic carbocycles. The van der Waals surface area contributed by atoms with Gasteiger partial charge in [-0.25, -0.2) is 4.79 Å². The number of ether oxygens (including phenoxy) is 7. The highest BCUT2D eigenvalue weighted by molar-refractivity contribution is 5.92. The third kappa shape index (κ3) is 3.77. The second-order valence-corrected chi connectivity index (χ2v) is 9.12. The molecular weight excluding hydrogens is 392 g/mol.